The minimum Gasteiger partial charge on any atom is -0.436 e. The lowest BCUT2D eigenvalue weighted by atomic mass is 9.89. The van der Waals surface area contributed by atoms with Gasteiger partial charge in [0.1, 0.15) is 0 Å². The number of ether oxygens (including phenoxy) is 1. The maximum absolute atomic E-state index is 14.0. The van der Waals surface area contributed by atoms with E-state index < -0.39 is 12.2 Å². The number of nitrogens with one attached hydrogen (secondary N) is 2. The number of hydrogen-bond acceptors (Lipinski definition) is 7. The van der Waals surface area contributed by atoms with E-state index >= 15 is 0 Å². The fourth-order valence-corrected chi connectivity index (χ4v) is 6.80. The third kappa shape index (κ3) is 6.04. The maximum Gasteiger partial charge on any atom is 0.410 e. The molecule has 5 aromatic rings. The van der Waals surface area contributed by atoms with Crippen LogP contribution in [0.15, 0.2) is 78.0 Å². The fraction of sp³-hybridized carbons (Fsp3) is 0.343. The monoisotopic (exact) mass is 619 g/mol. The van der Waals surface area contributed by atoms with Crippen LogP contribution >= 0.6 is 0 Å². The van der Waals surface area contributed by atoms with Gasteiger partial charge in [-0.2, -0.15) is 5.10 Å². The van der Waals surface area contributed by atoms with Crippen molar-refractivity contribution in [3.63, 3.8) is 0 Å². The van der Waals surface area contributed by atoms with Crippen molar-refractivity contribution >= 4 is 39.5 Å². The zero-order chi connectivity index (χ0) is 31.6. The number of aryl methyl sites for hydroxylation is 1. The van der Waals surface area contributed by atoms with E-state index in [4.69, 9.17) is 4.74 Å². The number of nitrogens with zero attached hydrogens (tertiary/aromatic N) is 5. The van der Waals surface area contributed by atoms with Gasteiger partial charge in [0, 0.05) is 80.2 Å². The average Bonchev–Trinajstić information content (AvgIpc) is 3.57. The predicted octanol–water partition coefficient (Wildman–Crippen LogP) is 4.38. The zero-order valence-electron chi connectivity index (χ0n) is 25.8. The fourth-order valence-electron chi connectivity index (χ4n) is 6.80. The van der Waals surface area contributed by atoms with Crippen LogP contribution in [0.3, 0.4) is 0 Å². The van der Waals surface area contributed by atoms with Crippen molar-refractivity contribution in [3.8, 4) is 0 Å². The summed E-state index contributed by atoms with van der Waals surface area (Å²) < 4.78 is 6.06. The van der Waals surface area contributed by atoms with E-state index in [0.717, 1.165) is 44.2 Å². The van der Waals surface area contributed by atoms with Crippen molar-refractivity contribution in [2.24, 2.45) is 0 Å². The van der Waals surface area contributed by atoms with Gasteiger partial charge in [-0.25, -0.2) is 4.79 Å². The Bertz CT molecular complexity index is 1920. The van der Waals surface area contributed by atoms with E-state index in [1.807, 2.05) is 61.5 Å². The largest absolute Gasteiger partial charge is 0.436 e. The van der Waals surface area contributed by atoms with Gasteiger partial charge in [0.05, 0.1) is 11.7 Å². The smallest absolute Gasteiger partial charge is 0.410 e. The van der Waals surface area contributed by atoms with Gasteiger partial charge in [-0.3, -0.25) is 19.7 Å². The molecule has 2 aliphatic heterocycles. The summed E-state index contributed by atoms with van der Waals surface area (Å²) in [5.41, 5.74) is 5.41. The number of aromatic amines is 2. The third-order valence-electron chi connectivity index (χ3n) is 9.34. The molecule has 11 heteroatoms. The molecule has 2 aliphatic rings. The van der Waals surface area contributed by atoms with Crippen molar-refractivity contribution in [3.05, 3.63) is 100 Å². The molecule has 11 nitrogen and oxygen atoms in total. The molecule has 5 heterocycles. The minimum absolute atomic E-state index is 0.0381. The molecule has 1 atom stereocenters. The highest BCUT2D eigenvalue weighted by atomic mass is 16.6. The number of pyridine rings is 2. The molecule has 0 aliphatic carbocycles. The van der Waals surface area contributed by atoms with Crippen molar-refractivity contribution in [1.82, 2.24) is 30.0 Å². The first kappa shape index (κ1) is 29.5. The molecule has 0 unspecified atom stereocenters. The summed E-state index contributed by atoms with van der Waals surface area (Å²) in [5.74, 6) is -0.151. The summed E-state index contributed by atoms with van der Waals surface area (Å²) in [7, 11) is 0. The molecular formula is C35H37N7O4. The molecule has 2 fully saturated rings. The van der Waals surface area contributed by atoms with Crippen molar-refractivity contribution in [1.29, 1.82) is 0 Å². The minimum atomic E-state index is -0.968. The summed E-state index contributed by atoms with van der Waals surface area (Å²) >= 11 is 0. The highest BCUT2D eigenvalue weighted by Crippen LogP contribution is 2.28. The lowest BCUT2D eigenvalue weighted by Gasteiger charge is -2.38. The van der Waals surface area contributed by atoms with Crippen LogP contribution < -0.4 is 10.5 Å². The van der Waals surface area contributed by atoms with Crippen LogP contribution in [0.2, 0.25) is 0 Å². The van der Waals surface area contributed by atoms with Gasteiger partial charge >= 0.3 is 6.09 Å². The number of piperazine rings is 1. The summed E-state index contributed by atoms with van der Waals surface area (Å²) in [5, 5.41) is 9.11. The molecule has 3 aromatic heterocycles. The molecule has 2 amide bonds. The van der Waals surface area contributed by atoms with Crippen molar-refractivity contribution < 1.29 is 14.3 Å². The molecule has 46 heavy (non-hydrogen) atoms. The summed E-state index contributed by atoms with van der Waals surface area (Å²) in [6.45, 7) is 5.30. The Morgan fingerprint density at radius 3 is 2.48 bits per heavy atom. The summed E-state index contributed by atoms with van der Waals surface area (Å²) in [4.78, 5) is 53.2. The highest BCUT2D eigenvalue weighted by molar-refractivity contribution is 5.85. The van der Waals surface area contributed by atoms with Gasteiger partial charge < -0.3 is 24.4 Å². The zero-order valence-corrected chi connectivity index (χ0v) is 25.8. The Morgan fingerprint density at radius 1 is 0.935 bits per heavy atom. The van der Waals surface area contributed by atoms with Gasteiger partial charge in [0.2, 0.25) is 0 Å². The number of carbonyl (C=O) groups is 2. The van der Waals surface area contributed by atoms with Crippen molar-refractivity contribution in [2.45, 2.75) is 38.2 Å². The Morgan fingerprint density at radius 2 is 1.70 bits per heavy atom. The third-order valence-corrected chi connectivity index (χ3v) is 9.34. The number of fused-ring (bicyclic) bond motifs is 2. The number of amides is 2. The van der Waals surface area contributed by atoms with E-state index in [1.54, 1.807) is 28.4 Å². The van der Waals surface area contributed by atoms with Gasteiger partial charge in [-0.15, -0.1) is 0 Å². The molecule has 2 saturated heterocycles. The summed E-state index contributed by atoms with van der Waals surface area (Å²) in [6, 6.07) is 17.7. The number of aromatic nitrogens is 4. The topological polar surface area (TPSA) is 128 Å². The highest BCUT2D eigenvalue weighted by Gasteiger charge is 2.34. The molecule has 7 rings (SSSR count). The lowest BCUT2D eigenvalue weighted by Crippen LogP contribution is -2.53. The van der Waals surface area contributed by atoms with Crippen LogP contribution in [0.4, 0.5) is 10.5 Å². The number of hydrogen-bond donors (Lipinski definition) is 2. The number of H-pyrrole nitrogens is 2. The molecule has 0 radical (unpaired) electrons. The molecule has 0 saturated carbocycles. The number of carbonyl (C=O) groups excluding carboxylic acids is 2. The first-order chi connectivity index (χ1) is 22.4. The van der Waals surface area contributed by atoms with Gasteiger partial charge in [-0.05, 0) is 72.5 Å². The second-order valence-corrected chi connectivity index (χ2v) is 12.2. The first-order valence-electron chi connectivity index (χ1n) is 15.9. The molecule has 2 N–H and O–H groups in total. The van der Waals surface area contributed by atoms with Gasteiger partial charge in [0.15, 0.2) is 6.10 Å². The van der Waals surface area contributed by atoms with Gasteiger partial charge in [0.25, 0.3) is 11.5 Å². The number of anilines is 1. The number of benzene rings is 2. The van der Waals surface area contributed by atoms with Crippen molar-refractivity contribution in [2.75, 3.05) is 44.2 Å². The van der Waals surface area contributed by atoms with Crippen LogP contribution in [0.5, 0.6) is 0 Å². The van der Waals surface area contributed by atoms with Crippen LogP contribution in [0.25, 0.3) is 21.8 Å². The predicted molar refractivity (Wildman–Crippen MR) is 176 cm³/mol. The Labute approximate surface area is 266 Å². The first-order valence-corrected chi connectivity index (χ1v) is 15.9. The van der Waals surface area contributed by atoms with Crippen LogP contribution in [0.1, 0.15) is 35.4 Å². The normalized spacial score (nSPS) is 16.6. The summed E-state index contributed by atoms with van der Waals surface area (Å²) in [6.07, 6.45) is 5.38. The van der Waals surface area contributed by atoms with E-state index in [2.05, 4.69) is 25.1 Å². The number of piperidine rings is 1. The standard InChI is InChI=1S/C35H37N7O4/c1-23-18-24(19-27-22-37-39-32(23)27)20-31(34(44)41-16-14-40(15-17-41)28-6-10-36-11-7-28)46-35(45)42-12-8-25(9-13-42)29-21-26-4-2-3-5-30(26)38-33(29)43/h2-7,10-11,18-19,21-22,25,31H,8-9,12-17,20H2,1H3,(H,37,39)(H,38,43)/t31-/m1/s1. The van der Waals surface area contributed by atoms with Crippen LogP contribution in [-0.4, -0.2) is 87.3 Å². The maximum atomic E-state index is 14.0. The van der Waals surface area contributed by atoms with Gasteiger partial charge in [-0.1, -0.05) is 24.3 Å². The molecule has 2 aromatic carbocycles. The second-order valence-electron chi connectivity index (χ2n) is 12.2. The van der Waals surface area contributed by atoms with Crippen LogP contribution in [0, 0.1) is 6.92 Å². The van der Waals surface area contributed by atoms with E-state index in [-0.39, 0.29) is 23.8 Å². The molecule has 0 bridgehead atoms. The Kier molecular flexibility index (Phi) is 8.13. The van der Waals surface area contributed by atoms with E-state index in [0.29, 0.717) is 52.1 Å². The quantitative estimate of drug-likeness (QED) is 0.289. The number of likely N-dealkylation sites (tertiary alicyclic amines) is 1. The number of rotatable bonds is 6. The molecule has 0 spiro atoms. The Hall–Kier alpha value is -5.19. The Balaban J connectivity index is 1.05. The van der Waals surface area contributed by atoms with Crippen LogP contribution in [-0.2, 0) is 16.0 Å². The number of para-hydroxylation sites is 1. The second kappa shape index (κ2) is 12.7. The van der Waals surface area contributed by atoms with E-state index in [9.17, 15) is 14.4 Å². The lowest BCUT2D eigenvalue weighted by molar-refractivity contribution is -0.141. The van der Waals surface area contributed by atoms with E-state index in [1.165, 1.54) is 0 Å². The molecular weight excluding hydrogens is 582 g/mol. The average molecular weight is 620 g/mol. The molecule has 236 valence electrons. The SMILES string of the molecule is Cc1cc(C[C@@H](OC(=O)N2CCC(c3cc4ccccc4[nH]c3=O)CC2)C(=O)N2CCN(c3ccncc3)CC2)cc2cn[nH]c12.